The lowest BCUT2D eigenvalue weighted by molar-refractivity contribution is 0.0932. The fraction of sp³-hybridized carbons (Fsp3) is 0.467. The summed E-state index contributed by atoms with van der Waals surface area (Å²) in [5, 5.41) is 6.98. The van der Waals surface area contributed by atoms with E-state index in [0.717, 1.165) is 18.5 Å². The average Bonchev–Trinajstić information content (AvgIpc) is 3.27. The smallest absolute Gasteiger partial charge is 0.263 e. The summed E-state index contributed by atoms with van der Waals surface area (Å²) in [4.78, 5) is 31.3. The Morgan fingerprint density at radius 2 is 2.32 bits per heavy atom. The second kappa shape index (κ2) is 5.75. The standard InChI is InChI=1S/C15H19N5O2/c1-3-11(12-6-7-17-20(12)2)18-14(21)10-8-16-13(9-4-5-9)19-15(10)22/h6-9,11H,3-5H2,1-2H3,(H,18,21)(H,16,19,22)/t11-/m1/s1. The average molecular weight is 301 g/mol. The first-order valence-corrected chi connectivity index (χ1v) is 7.48. The number of aromatic amines is 1. The van der Waals surface area contributed by atoms with Gasteiger partial charge in [0.05, 0.1) is 11.7 Å². The van der Waals surface area contributed by atoms with Gasteiger partial charge in [0.25, 0.3) is 11.5 Å². The van der Waals surface area contributed by atoms with Gasteiger partial charge in [-0.15, -0.1) is 0 Å². The third-order valence-electron chi connectivity index (χ3n) is 3.96. The molecular weight excluding hydrogens is 282 g/mol. The highest BCUT2D eigenvalue weighted by Gasteiger charge is 2.27. The van der Waals surface area contributed by atoms with Crippen LogP contribution in [0.4, 0.5) is 0 Å². The number of nitrogens with zero attached hydrogens (tertiary/aromatic N) is 3. The first kappa shape index (κ1) is 14.5. The zero-order valence-corrected chi connectivity index (χ0v) is 12.7. The Morgan fingerprint density at radius 3 is 2.86 bits per heavy atom. The van der Waals surface area contributed by atoms with E-state index in [1.54, 1.807) is 10.9 Å². The maximum Gasteiger partial charge on any atom is 0.263 e. The van der Waals surface area contributed by atoms with E-state index >= 15 is 0 Å². The zero-order chi connectivity index (χ0) is 15.7. The Balaban J connectivity index is 1.78. The van der Waals surface area contributed by atoms with E-state index in [0.29, 0.717) is 18.2 Å². The second-order valence-corrected chi connectivity index (χ2v) is 5.60. The summed E-state index contributed by atoms with van der Waals surface area (Å²) in [6, 6.07) is 1.66. The Labute approximate surface area is 127 Å². The molecule has 3 rings (SSSR count). The first-order valence-electron chi connectivity index (χ1n) is 7.48. The van der Waals surface area contributed by atoms with Crippen molar-refractivity contribution < 1.29 is 4.79 Å². The Morgan fingerprint density at radius 1 is 1.55 bits per heavy atom. The normalized spacial score (nSPS) is 15.5. The minimum absolute atomic E-state index is 0.0463. The van der Waals surface area contributed by atoms with E-state index in [4.69, 9.17) is 0 Å². The molecule has 1 atom stereocenters. The van der Waals surface area contributed by atoms with Gasteiger partial charge in [0.1, 0.15) is 11.4 Å². The van der Waals surface area contributed by atoms with Crippen molar-refractivity contribution in [1.82, 2.24) is 25.1 Å². The summed E-state index contributed by atoms with van der Waals surface area (Å²) < 4.78 is 1.72. The fourth-order valence-electron chi connectivity index (χ4n) is 2.48. The Bertz CT molecular complexity index is 744. The van der Waals surface area contributed by atoms with Gasteiger partial charge in [-0.1, -0.05) is 6.92 Å². The molecule has 2 heterocycles. The van der Waals surface area contributed by atoms with Crippen LogP contribution in [0.1, 0.15) is 60.0 Å². The molecule has 1 fully saturated rings. The van der Waals surface area contributed by atoms with Crippen LogP contribution in [0, 0.1) is 0 Å². The molecule has 0 aliphatic heterocycles. The molecule has 1 aliphatic carbocycles. The molecule has 2 aromatic rings. The molecule has 0 spiro atoms. The predicted octanol–water partition coefficient (Wildman–Crippen LogP) is 1.26. The predicted molar refractivity (Wildman–Crippen MR) is 80.5 cm³/mol. The number of nitrogens with one attached hydrogen (secondary N) is 2. The molecule has 1 amide bonds. The summed E-state index contributed by atoms with van der Waals surface area (Å²) in [7, 11) is 1.82. The molecule has 0 bridgehead atoms. The van der Waals surface area contributed by atoms with Gasteiger partial charge in [0.15, 0.2) is 0 Å². The minimum Gasteiger partial charge on any atom is -0.343 e. The van der Waals surface area contributed by atoms with Crippen molar-refractivity contribution in [2.45, 2.75) is 38.1 Å². The van der Waals surface area contributed by atoms with Gasteiger partial charge in [-0.25, -0.2) is 4.98 Å². The van der Waals surface area contributed by atoms with E-state index in [-0.39, 0.29) is 17.2 Å². The molecule has 1 saturated carbocycles. The number of rotatable bonds is 5. The molecular formula is C15H19N5O2. The molecule has 0 saturated heterocycles. The van der Waals surface area contributed by atoms with E-state index in [9.17, 15) is 9.59 Å². The quantitative estimate of drug-likeness (QED) is 0.869. The van der Waals surface area contributed by atoms with E-state index in [2.05, 4.69) is 20.4 Å². The SMILES string of the molecule is CC[C@@H](NC(=O)c1cnc(C2CC2)[nH]c1=O)c1ccnn1C. The van der Waals surface area contributed by atoms with E-state index in [1.165, 1.54) is 6.20 Å². The van der Waals surface area contributed by atoms with Gasteiger partial charge < -0.3 is 10.3 Å². The minimum atomic E-state index is -0.413. The highest BCUT2D eigenvalue weighted by Crippen LogP contribution is 2.37. The summed E-state index contributed by atoms with van der Waals surface area (Å²) in [5.74, 6) is 0.618. The zero-order valence-electron chi connectivity index (χ0n) is 12.7. The number of hydrogen-bond acceptors (Lipinski definition) is 4. The number of carbonyl (C=O) groups excluding carboxylic acids is 1. The van der Waals surface area contributed by atoms with Crippen LogP contribution in [0.25, 0.3) is 0 Å². The van der Waals surface area contributed by atoms with Gasteiger partial charge in [-0.05, 0) is 25.3 Å². The van der Waals surface area contributed by atoms with Crippen molar-refractivity contribution in [2.75, 3.05) is 0 Å². The highest BCUT2D eigenvalue weighted by atomic mass is 16.2. The van der Waals surface area contributed by atoms with Crippen molar-refractivity contribution in [3.05, 3.63) is 45.9 Å². The molecule has 22 heavy (non-hydrogen) atoms. The van der Waals surface area contributed by atoms with Gasteiger partial charge >= 0.3 is 0 Å². The number of amides is 1. The summed E-state index contributed by atoms with van der Waals surface area (Å²) in [6.07, 6.45) is 5.86. The molecule has 116 valence electrons. The first-order chi connectivity index (χ1) is 10.6. The van der Waals surface area contributed by atoms with Gasteiger partial charge in [0, 0.05) is 25.4 Å². The lowest BCUT2D eigenvalue weighted by atomic mass is 10.1. The fourth-order valence-corrected chi connectivity index (χ4v) is 2.48. The topological polar surface area (TPSA) is 92.7 Å². The van der Waals surface area contributed by atoms with E-state index in [1.807, 2.05) is 20.0 Å². The van der Waals surface area contributed by atoms with Crippen LogP contribution in [-0.2, 0) is 7.05 Å². The maximum atomic E-state index is 12.3. The highest BCUT2D eigenvalue weighted by molar-refractivity contribution is 5.93. The van der Waals surface area contributed by atoms with Crippen molar-refractivity contribution in [1.29, 1.82) is 0 Å². The monoisotopic (exact) mass is 301 g/mol. The maximum absolute atomic E-state index is 12.3. The van der Waals surface area contributed by atoms with Crippen molar-refractivity contribution in [3.63, 3.8) is 0 Å². The van der Waals surface area contributed by atoms with Crippen LogP contribution in [-0.4, -0.2) is 25.7 Å². The molecule has 0 radical (unpaired) electrons. The van der Waals surface area contributed by atoms with E-state index < -0.39 is 5.91 Å². The van der Waals surface area contributed by atoms with Crippen molar-refractivity contribution in [2.24, 2.45) is 7.05 Å². The lowest BCUT2D eigenvalue weighted by Gasteiger charge is -2.17. The molecule has 7 nitrogen and oxygen atoms in total. The number of aryl methyl sites for hydroxylation is 1. The third-order valence-corrected chi connectivity index (χ3v) is 3.96. The van der Waals surface area contributed by atoms with Crippen molar-refractivity contribution in [3.8, 4) is 0 Å². The third kappa shape index (κ3) is 2.79. The van der Waals surface area contributed by atoms with Crippen LogP contribution < -0.4 is 10.9 Å². The Kier molecular flexibility index (Phi) is 3.79. The molecule has 0 unspecified atom stereocenters. The molecule has 0 aromatic carbocycles. The Hall–Kier alpha value is -2.44. The summed E-state index contributed by atoms with van der Waals surface area (Å²) in [6.45, 7) is 1.97. The number of carbonyl (C=O) groups is 1. The number of aromatic nitrogens is 4. The number of hydrogen-bond donors (Lipinski definition) is 2. The summed E-state index contributed by atoms with van der Waals surface area (Å²) >= 11 is 0. The molecule has 2 N–H and O–H groups in total. The lowest BCUT2D eigenvalue weighted by Crippen LogP contribution is -2.34. The largest absolute Gasteiger partial charge is 0.343 e. The van der Waals surface area contributed by atoms with Gasteiger partial charge in [-0.2, -0.15) is 5.10 Å². The number of H-pyrrole nitrogens is 1. The van der Waals surface area contributed by atoms with Crippen LogP contribution in [0.3, 0.4) is 0 Å². The van der Waals surface area contributed by atoms with Crippen LogP contribution >= 0.6 is 0 Å². The van der Waals surface area contributed by atoms with Crippen LogP contribution in [0.15, 0.2) is 23.3 Å². The van der Waals surface area contributed by atoms with Crippen LogP contribution in [0.2, 0.25) is 0 Å². The molecule has 2 aromatic heterocycles. The second-order valence-electron chi connectivity index (χ2n) is 5.60. The molecule has 1 aliphatic rings. The van der Waals surface area contributed by atoms with Gasteiger partial charge in [-0.3, -0.25) is 14.3 Å². The van der Waals surface area contributed by atoms with Crippen molar-refractivity contribution >= 4 is 5.91 Å². The van der Waals surface area contributed by atoms with Crippen LogP contribution in [0.5, 0.6) is 0 Å². The van der Waals surface area contributed by atoms with Gasteiger partial charge in [0.2, 0.25) is 0 Å². The summed E-state index contributed by atoms with van der Waals surface area (Å²) in [5.41, 5.74) is 0.564. The molecule has 7 heteroatoms.